The Balaban J connectivity index is 1.76. The highest BCUT2D eigenvalue weighted by Crippen LogP contribution is 2.24. The van der Waals surface area contributed by atoms with Gasteiger partial charge in [-0.1, -0.05) is 32.0 Å². The summed E-state index contributed by atoms with van der Waals surface area (Å²) in [7, 11) is 1.74. The van der Waals surface area contributed by atoms with Crippen LogP contribution >= 0.6 is 0 Å². The topological polar surface area (TPSA) is 110 Å². The number of rotatable bonds is 8. The zero-order valence-corrected chi connectivity index (χ0v) is 17.8. The Hall–Kier alpha value is -3.81. The first-order valence-electron chi connectivity index (χ1n) is 9.96. The lowest BCUT2D eigenvalue weighted by Gasteiger charge is -2.20. The number of Topliss-reactive ketones (excluding diaryl/α,β-unsaturated/α-hetero) is 1. The number of anilines is 2. The van der Waals surface area contributed by atoms with Gasteiger partial charge in [-0.05, 0) is 42.3 Å². The first kappa shape index (κ1) is 21.9. The quantitative estimate of drug-likeness (QED) is 0.540. The molecule has 0 unspecified atom stereocenters. The number of carbonyl (C=O) groups is 1. The van der Waals surface area contributed by atoms with Gasteiger partial charge in [0, 0.05) is 19.3 Å². The molecule has 0 bridgehead atoms. The van der Waals surface area contributed by atoms with Gasteiger partial charge in [-0.15, -0.1) is 0 Å². The Morgan fingerprint density at radius 1 is 1.06 bits per heavy atom. The van der Waals surface area contributed by atoms with Crippen molar-refractivity contribution in [2.75, 3.05) is 24.2 Å². The van der Waals surface area contributed by atoms with E-state index in [0.29, 0.717) is 12.3 Å². The highest BCUT2D eigenvalue weighted by Gasteiger charge is 2.21. The molecule has 8 heteroatoms. The van der Waals surface area contributed by atoms with Gasteiger partial charge < -0.3 is 15.4 Å². The maximum Gasteiger partial charge on any atom is 0.329 e. The molecule has 1 aromatic heterocycles. The second-order valence-corrected chi connectivity index (χ2v) is 7.71. The van der Waals surface area contributed by atoms with Crippen molar-refractivity contribution in [2.24, 2.45) is 5.92 Å². The van der Waals surface area contributed by atoms with Gasteiger partial charge in [-0.25, -0.2) is 4.79 Å². The summed E-state index contributed by atoms with van der Waals surface area (Å²) in [4.78, 5) is 41.1. The predicted molar refractivity (Wildman–Crippen MR) is 121 cm³/mol. The van der Waals surface area contributed by atoms with Crippen LogP contribution in [0.25, 0.3) is 0 Å². The van der Waals surface area contributed by atoms with Crippen LogP contribution in [-0.4, -0.2) is 28.9 Å². The minimum absolute atomic E-state index is 0.0773. The molecular weight excluding hydrogens is 396 g/mol. The SMILES string of the molecule is CC(C)Cn1c(N)c(C(=O)CN(C)c2ccc(Oc3ccccc3)cc2)c(=O)[nH]c1=O. The van der Waals surface area contributed by atoms with Crippen molar-refractivity contribution in [2.45, 2.75) is 20.4 Å². The number of ether oxygens (including phenoxy) is 1. The average molecular weight is 422 g/mol. The van der Waals surface area contributed by atoms with E-state index in [2.05, 4.69) is 4.98 Å². The summed E-state index contributed by atoms with van der Waals surface area (Å²) in [6, 6.07) is 16.6. The third-order valence-corrected chi connectivity index (χ3v) is 4.70. The summed E-state index contributed by atoms with van der Waals surface area (Å²) in [6.45, 7) is 4.06. The molecule has 3 rings (SSSR count). The van der Waals surface area contributed by atoms with Crippen molar-refractivity contribution in [1.29, 1.82) is 0 Å². The van der Waals surface area contributed by atoms with Crippen LogP contribution in [0.3, 0.4) is 0 Å². The standard InChI is InChI=1S/C23H26N4O4/c1-15(2)13-27-21(24)20(22(29)25-23(27)30)19(28)14-26(3)16-9-11-18(12-10-16)31-17-7-5-4-6-8-17/h4-12,15H,13-14,24H2,1-3H3,(H,25,29,30). The molecule has 0 saturated heterocycles. The van der Waals surface area contributed by atoms with Crippen LogP contribution in [0, 0.1) is 5.92 Å². The molecule has 31 heavy (non-hydrogen) atoms. The predicted octanol–water partition coefficient (Wildman–Crippen LogP) is 2.89. The Bertz CT molecular complexity index is 1160. The normalized spacial score (nSPS) is 10.8. The molecule has 0 aliphatic heterocycles. The summed E-state index contributed by atoms with van der Waals surface area (Å²) < 4.78 is 7.00. The van der Waals surface area contributed by atoms with Crippen LogP contribution in [0.1, 0.15) is 24.2 Å². The third kappa shape index (κ3) is 5.22. The highest BCUT2D eigenvalue weighted by molar-refractivity contribution is 6.02. The van der Waals surface area contributed by atoms with Gasteiger partial charge in [0.05, 0.1) is 6.54 Å². The average Bonchev–Trinajstić information content (AvgIpc) is 2.72. The number of nitrogens with zero attached hydrogens (tertiary/aromatic N) is 2. The number of likely N-dealkylation sites (N-methyl/N-ethyl adjacent to an activating group) is 1. The van der Waals surface area contributed by atoms with Gasteiger partial charge in [-0.2, -0.15) is 0 Å². The summed E-state index contributed by atoms with van der Waals surface area (Å²) >= 11 is 0. The number of aromatic nitrogens is 2. The number of nitrogens with one attached hydrogen (secondary N) is 1. The molecule has 0 aliphatic rings. The van der Waals surface area contributed by atoms with Crippen molar-refractivity contribution in [3.8, 4) is 11.5 Å². The van der Waals surface area contributed by atoms with Crippen LogP contribution in [-0.2, 0) is 6.54 Å². The van der Waals surface area contributed by atoms with Crippen molar-refractivity contribution in [1.82, 2.24) is 9.55 Å². The molecule has 3 aromatic rings. The van der Waals surface area contributed by atoms with E-state index < -0.39 is 17.0 Å². The maximum atomic E-state index is 12.8. The van der Waals surface area contributed by atoms with Crippen molar-refractivity contribution in [3.63, 3.8) is 0 Å². The van der Waals surface area contributed by atoms with Crippen molar-refractivity contribution < 1.29 is 9.53 Å². The second kappa shape index (κ2) is 9.34. The van der Waals surface area contributed by atoms with Crippen LogP contribution < -0.4 is 26.6 Å². The van der Waals surface area contributed by atoms with E-state index in [1.807, 2.05) is 56.3 Å². The first-order chi connectivity index (χ1) is 14.8. The zero-order chi connectivity index (χ0) is 22.5. The van der Waals surface area contributed by atoms with E-state index in [9.17, 15) is 14.4 Å². The molecular formula is C23H26N4O4. The molecule has 8 nitrogen and oxygen atoms in total. The molecule has 0 spiro atoms. The van der Waals surface area contributed by atoms with Crippen LogP contribution in [0.15, 0.2) is 64.2 Å². The Morgan fingerprint density at radius 2 is 1.68 bits per heavy atom. The number of nitrogen functional groups attached to an aromatic ring is 1. The number of ketones is 1. The summed E-state index contributed by atoms with van der Waals surface area (Å²) in [5.74, 6) is 0.935. The Labute approximate surface area is 179 Å². The molecule has 0 radical (unpaired) electrons. The summed E-state index contributed by atoms with van der Waals surface area (Å²) in [5.41, 5.74) is 5.21. The van der Waals surface area contributed by atoms with Crippen LogP contribution in [0.4, 0.5) is 11.5 Å². The molecule has 1 heterocycles. The molecule has 0 amide bonds. The highest BCUT2D eigenvalue weighted by atomic mass is 16.5. The molecule has 0 atom stereocenters. The number of carbonyl (C=O) groups excluding carboxylic acids is 1. The summed E-state index contributed by atoms with van der Waals surface area (Å²) in [5, 5.41) is 0. The first-order valence-corrected chi connectivity index (χ1v) is 9.96. The molecule has 0 fully saturated rings. The smallest absolute Gasteiger partial charge is 0.329 e. The zero-order valence-electron chi connectivity index (χ0n) is 17.8. The van der Waals surface area contributed by atoms with E-state index in [1.165, 1.54) is 4.57 Å². The fourth-order valence-corrected chi connectivity index (χ4v) is 3.18. The second-order valence-electron chi connectivity index (χ2n) is 7.71. The lowest BCUT2D eigenvalue weighted by molar-refractivity contribution is 0.0999. The number of hydrogen-bond acceptors (Lipinski definition) is 6. The van der Waals surface area contributed by atoms with Crippen LogP contribution in [0.5, 0.6) is 11.5 Å². The third-order valence-electron chi connectivity index (χ3n) is 4.70. The largest absolute Gasteiger partial charge is 0.457 e. The van der Waals surface area contributed by atoms with Gasteiger partial charge in [-0.3, -0.25) is 19.1 Å². The Morgan fingerprint density at radius 3 is 2.29 bits per heavy atom. The van der Waals surface area contributed by atoms with E-state index in [0.717, 1.165) is 11.4 Å². The van der Waals surface area contributed by atoms with Gasteiger partial charge in [0.25, 0.3) is 5.56 Å². The lowest BCUT2D eigenvalue weighted by atomic mass is 10.1. The minimum atomic E-state index is -0.771. The van der Waals surface area contributed by atoms with E-state index in [-0.39, 0.29) is 23.8 Å². The number of nitrogens with two attached hydrogens (primary N) is 1. The molecule has 3 N–H and O–H groups in total. The maximum absolute atomic E-state index is 12.8. The number of H-pyrrole nitrogens is 1. The van der Waals surface area contributed by atoms with E-state index in [1.54, 1.807) is 24.1 Å². The van der Waals surface area contributed by atoms with Gasteiger partial charge in [0.2, 0.25) is 0 Å². The molecule has 0 saturated carbocycles. The molecule has 0 aliphatic carbocycles. The number of para-hydroxylation sites is 1. The molecule has 2 aromatic carbocycles. The Kier molecular flexibility index (Phi) is 6.59. The lowest BCUT2D eigenvalue weighted by Crippen LogP contribution is -2.39. The fraction of sp³-hybridized carbons (Fsp3) is 0.261. The fourth-order valence-electron chi connectivity index (χ4n) is 3.18. The molecule has 162 valence electrons. The summed E-state index contributed by atoms with van der Waals surface area (Å²) in [6.07, 6.45) is 0. The number of aromatic amines is 1. The monoisotopic (exact) mass is 422 g/mol. The van der Waals surface area contributed by atoms with Crippen LogP contribution in [0.2, 0.25) is 0 Å². The van der Waals surface area contributed by atoms with Gasteiger partial charge >= 0.3 is 5.69 Å². The number of benzene rings is 2. The van der Waals surface area contributed by atoms with Crippen molar-refractivity contribution >= 4 is 17.3 Å². The number of hydrogen-bond donors (Lipinski definition) is 2. The van der Waals surface area contributed by atoms with E-state index in [4.69, 9.17) is 10.5 Å². The minimum Gasteiger partial charge on any atom is -0.457 e. The van der Waals surface area contributed by atoms with Crippen molar-refractivity contribution in [3.05, 3.63) is 81.0 Å². The van der Waals surface area contributed by atoms with E-state index >= 15 is 0 Å². The van der Waals surface area contributed by atoms with Gasteiger partial charge in [0.15, 0.2) is 5.78 Å². The van der Waals surface area contributed by atoms with Gasteiger partial charge in [0.1, 0.15) is 22.9 Å².